The van der Waals surface area contributed by atoms with Gasteiger partial charge in [-0.1, -0.05) is 85.1 Å². The second kappa shape index (κ2) is 23.7. The molecule has 5 N–H and O–H groups in total. The number of rotatable bonds is 24. The monoisotopic (exact) mass is 617 g/mol. The summed E-state index contributed by atoms with van der Waals surface area (Å²) in [6.07, 6.45) is 24.3. The Hall–Kier alpha value is -3.67. The summed E-state index contributed by atoms with van der Waals surface area (Å²) in [5.74, 6) is 2.61. The highest BCUT2D eigenvalue weighted by Crippen LogP contribution is 2.31. The van der Waals surface area contributed by atoms with Crippen molar-refractivity contribution >= 4 is 6.21 Å². The molecule has 0 bridgehead atoms. The number of aliphatic imine (C=N–C) groups is 1. The van der Waals surface area contributed by atoms with Crippen LogP contribution >= 0.6 is 0 Å². The smallest absolute Gasteiger partial charge is 0.0646 e. The minimum absolute atomic E-state index is 0.572. The Balaban J connectivity index is 3.82. The molecule has 1 aromatic carbocycles. The molecule has 0 heterocycles. The normalized spacial score (nSPS) is 13.6. The first-order chi connectivity index (χ1) is 21.7. The summed E-state index contributed by atoms with van der Waals surface area (Å²) in [5.41, 5.74) is 7.65. The number of allylic oxidation sites excluding steroid dienone is 5. The Labute approximate surface area is 276 Å². The zero-order valence-corrected chi connectivity index (χ0v) is 29.7. The zero-order valence-electron chi connectivity index (χ0n) is 29.7. The highest BCUT2D eigenvalue weighted by atomic mass is 14.9. The van der Waals surface area contributed by atoms with E-state index in [1.165, 1.54) is 33.4 Å². The minimum atomic E-state index is 0.572. The van der Waals surface area contributed by atoms with Crippen molar-refractivity contribution in [3.63, 3.8) is 0 Å². The van der Waals surface area contributed by atoms with Gasteiger partial charge in [-0.3, -0.25) is 4.99 Å². The fraction of sp³-hybridized carbons (Fsp3) is 0.513. The lowest BCUT2D eigenvalue weighted by molar-refractivity contribution is 0.423. The molecule has 250 valence electrons. The van der Waals surface area contributed by atoms with Gasteiger partial charge in [0.15, 0.2) is 0 Å². The second-order valence-electron chi connectivity index (χ2n) is 12.4. The summed E-state index contributed by atoms with van der Waals surface area (Å²) in [4.78, 5) is 4.78. The van der Waals surface area contributed by atoms with Gasteiger partial charge in [0, 0.05) is 38.9 Å². The van der Waals surface area contributed by atoms with Crippen molar-refractivity contribution < 1.29 is 0 Å². The summed E-state index contributed by atoms with van der Waals surface area (Å²) < 4.78 is 0. The van der Waals surface area contributed by atoms with E-state index in [9.17, 15) is 0 Å². The first kappa shape index (κ1) is 39.4. The second-order valence-corrected chi connectivity index (χ2v) is 12.4. The molecule has 0 aliphatic carbocycles. The predicted molar refractivity (Wildman–Crippen MR) is 198 cm³/mol. The van der Waals surface area contributed by atoms with Crippen molar-refractivity contribution in [3.8, 4) is 0 Å². The van der Waals surface area contributed by atoms with Crippen LogP contribution in [-0.2, 0) is 39.3 Å². The van der Waals surface area contributed by atoms with Crippen LogP contribution in [0.25, 0.3) is 0 Å². The summed E-state index contributed by atoms with van der Waals surface area (Å²) in [6, 6.07) is 0. The van der Waals surface area contributed by atoms with Crippen LogP contribution in [0, 0.1) is 23.7 Å². The van der Waals surface area contributed by atoms with E-state index < -0.39 is 0 Å². The Morgan fingerprint density at radius 2 is 0.933 bits per heavy atom. The van der Waals surface area contributed by atoms with E-state index >= 15 is 0 Å². The Morgan fingerprint density at radius 1 is 0.556 bits per heavy atom. The van der Waals surface area contributed by atoms with Gasteiger partial charge in [0.25, 0.3) is 0 Å². The number of hydrogen-bond acceptors (Lipinski definition) is 6. The summed E-state index contributed by atoms with van der Waals surface area (Å²) in [6.45, 7) is 29.7. The first-order valence-corrected chi connectivity index (χ1v) is 16.8. The standard InChI is InChI=1S/C39H64N6/c1-11-19-41-25-35-34(24-40-14-4)38(28-44-22-15-17-32(9)30(5)6)37(27-43-21-13-3)39(36(35)26-42-20-12-2)29-45-23-16-18-33(10)31(7)8/h11-16,19-23,30-33,40-42,44-45H,3-4,17-18,24-29H2,1-2,5-10H3/b19-11-,20-12-,22-15-,23-16-,43-21?. The van der Waals surface area contributed by atoms with E-state index in [4.69, 9.17) is 4.99 Å². The molecule has 0 fully saturated rings. The van der Waals surface area contributed by atoms with Crippen LogP contribution in [0.15, 0.2) is 79.5 Å². The molecule has 1 aromatic rings. The van der Waals surface area contributed by atoms with Gasteiger partial charge >= 0.3 is 0 Å². The Bertz CT molecular complexity index is 1140. The average molecular weight is 617 g/mol. The van der Waals surface area contributed by atoms with E-state index in [0.717, 1.165) is 12.8 Å². The van der Waals surface area contributed by atoms with Crippen molar-refractivity contribution in [1.29, 1.82) is 0 Å². The van der Waals surface area contributed by atoms with Crippen LogP contribution in [0.5, 0.6) is 0 Å². The average Bonchev–Trinajstić information content (AvgIpc) is 3.01. The molecule has 0 radical (unpaired) electrons. The van der Waals surface area contributed by atoms with Gasteiger partial charge in [-0.2, -0.15) is 0 Å². The molecule has 2 atom stereocenters. The van der Waals surface area contributed by atoms with Gasteiger partial charge in [0.1, 0.15) is 0 Å². The molecule has 45 heavy (non-hydrogen) atoms. The molecule has 0 aromatic heterocycles. The lowest BCUT2D eigenvalue weighted by Gasteiger charge is -2.27. The number of benzene rings is 1. The predicted octanol–water partition coefficient (Wildman–Crippen LogP) is 8.49. The molecule has 6 nitrogen and oxygen atoms in total. The minimum Gasteiger partial charge on any atom is -0.387 e. The molecule has 0 aliphatic rings. The molecule has 0 spiro atoms. The van der Waals surface area contributed by atoms with Crippen molar-refractivity contribution in [2.75, 3.05) is 0 Å². The lowest BCUT2D eigenvalue weighted by Crippen LogP contribution is -2.25. The maximum Gasteiger partial charge on any atom is 0.0646 e. The third kappa shape index (κ3) is 14.8. The fourth-order valence-corrected chi connectivity index (χ4v) is 4.90. The van der Waals surface area contributed by atoms with Gasteiger partial charge in [-0.05, 0) is 115 Å². The Kier molecular flexibility index (Phi) is 20.7. The van der Waals surface area contributed by atoms with E-state index in [1.54, 1.807) is 18.5 Å². The summed E-state index contributed by atoms with van der Waals surface area (Å²) >= 11 is 0. The first-order valence-electron chi connectivity index (χ1n) is 16.8. The lowest BCUT2D eigenvalue weighted by atomic mass is 9.85. The van der Waals surface area contributed by atoms with E-state index in [1.807, 2.05) is 38.4 Å². The van der Waals surface area contributed by atoms with Crippen molar-refractivity contribution in [1.82, 2.24) is 26.6 Å². The number of nitrogens with zero attached hydrogens (tertiary/aromatic N) is 1. The van der Waals surface area contributed by atoms with Gasteiger partial charge in [0.2, 0.25) is 0 Å². The topological polar surface area (TPSA) is 72.5 Å². The van der Waals surface area contributed by atoms with Crippen LogP contribution in [0.2, 0.25) is 0 Å². The molecule has 0 saturated carbocycles. The van der Waals surface area contributed by atoms with Gasteiger partial charge in [-0.15, -0.1) is 0 Å². The molecule has 0 aliphatic heterocycles. The SMILES string of the molecule is C=CC=NCc1c(CN/C=C\CC(C)C(C)C)c(CNC=C)c(CN/C=C\C)c(CN/C=C\C)c1CN/C=C\CC(C)C(C)C. The van der Waals surface area contributed by atoms with E-state index in [2.05, 4.69) is 106 Å². The van der Waals surface area contributed by atoms with Gasteiger partial charge in [0.05, 0.1) is 6.54 Å². The van der Waals surface area contributed by atoms with Crippen LogP contribution in [0.3, 0.4) is 0 Å². The molecular formula is C39H64N6. The van der Waals surface area contributed by atoms with Gasteiger partial charge in [-0.25, -0.2) is 0 Å². The Morgan fingerprint density at radius 3 is 1.29 bits per heavy atom. The quantitative estimate of drug-likeness (QED) is 0.0754. The van der Waals surface area contributed by atoms with Gasteiger partial charge < -0.3 is 26.6 Å². The molecule has 6 heteroatoms. The van der Waals surface area contributed by atoms with Crippen LogP contribution in [0.4, 0.5) is 0 Å². The number of nitrogens with one attached hydrogen (secondary N) is 5. The van der Waals surface area contributed by atoms with E-state index in [0.29, 0.717) is 62.9 Å². The van der Waals surface area contributed by atoms with Crippen molar-refractivity contribution in [2.45, 2.75) is 108 Å². The highest BCUT2D eigenvalue weighted by Gasteiger charge is 2.23. The van der Waals surface area contributed by atoms with Crippen molar-refractivity contribution in [3.05, 3.63) is 108 Å². The van der Waals surface area contributed by atoms with Crippen LogP contribution < -0.4 is 26.6 Å². The van der Waals surface area contributed by atoms with E-state index in [-0.39, 0.29) is 0 Å². The fourth-order valence-electron chi connectivity index (χ4n) is 4.90. The molecule has 2 unspecified atom stereocenters. The summed E-state index contributed by atoms with van der Waals surface area (Å²) in [7, 11) is 0. The van der Waals surface area contributed by atoms with Crippen molar-refractivity contribution in [2.24, 2.45) is 28.7 Å². The van der Waals surface area contributed by atoms with Crippen LogP contribution in [0.1, 0.15) is 102 Å². The maximum atomic E-state index is 4.78. The number of hydrogen-bond donors (Lipinski definition) is 5. The third-order valence-electron chi connectivity index (χ3n) is 8.52. The largest absolute Gasteiger partial charge is 0.387 e. The molecule has 1 rings (SSSR count). The van der Waals surface area contributed by atoms with Crippen LogP contribution in [-0.4, -0.2) is 6.21 Å². The molecular weight excluding hydrogens is 552 g/mol. The zero-order chi connectivity index (χ0) is 33.5. The summed E-state index contributed by atoms with van der Waals surface area (Å²) in [5, 5.41) is 17.8. The third-order valence-corrected chi connectivity index (χ3v) is 8.52. The molecule has 0 saturated heterocycles. The highest BCUT2D eigenvalue weighted by molar-refractivity contribution is 5.70. The maximum absolute atomic E-state index is 4.78. The molecule has 0 amide bonds.